The van der Waals surface area contributed by atoms with Gasteiger partial charge in [0.25, 0.3) is 0 Å². The number of Topliss-reactive ketones (excluding diaryl/α,β-unsaturated/α-hetero) is 1. The fraction of sp³-hybridized carbons (Fsp3) is 0.500. The Morgan fingerprint density at radius 1 is 1.33 bits per heavy atom. The minimum absolute atomic E-state index is 0.0865. The summed E-state index contributed by atoms with van der Waals surface area (Å²) in [5, 5.41) is 9.53. The third-order valence-electron chi connectivity index (χ3n) is 3.17. The van der Waals surface area contributed by atoms with Crippen LogP contribution in [0.2, 0.25) is 0 Å². The third-order valence-corrected chi connectivity index (χ3v) is 3.17. The average molecular weight is 250 g/mol. The number of benzene rings is 1. The number of hydrogen-bond donors (Lipinski definition) is 1. The van der Waals surface area contributed by atoms with Crippen molar-refractivity contribution in [3.8, 4) is 0 Å². The number of rotatable bonds is 4. The maximum atomic E-state index is 11.8. The first-order valence-electron chi connectivity index (χ1n) is 6.10. The van der Waals surface area contributed by atoms with E-state index in [0.29, 0.717) is 13.0 Å². The van der Waals surface area contributed by atoms with Gasteiger partial charge in [0.1, 0.15) is 6.10 Å². The minimum atomic E-state index is -0.612. The molecule has 0 bridgehead atoms. The van der Waals surface area contributed by atoms with Crippen molar-refractivity contribution in [2.45, 2.75) is 37.8 Å². The predicted molar refractivity (Wildman–Crippen MR) is 66.1 cm³/mol. The molecule has 98 valence electrons. The van der Waals surface area contributed by atoms with Crippen LogP contribution in [-0.2, 0) is 20.9 Å². The van der Waals surface area contributed by atoms with Crippen LogP contribution in [0.4, 0.5) is 0 Å². The molecule has 0 aliphatic heterocycles. The van der Waals surface area contributed by atoms with Gasteiger partial charge in [0.05, 0.1) is 18.8 Å². The molecule has 18 heavy (non-hydrogen) atoms. The molecule has 4 nitrogen and oxygen atoms in total. The second-order valence-electron chi connectivity index (χ2n) is 4.55. The Kier molecular flexibility index (Phi) is 4.47. The highest BCUT2D eigenvalue weighted by atomic mass is 16.5. The first-order chi connectivity index (χ1) is 8.70. The molecule has 0 heterocycles. The van der Waals surface area contributed by atoms with E-state index < -0.39 is 12.2 Å². The van der Waals surface area contributed by atoms with Crippen molar-refractivity contribution in [3.05, 3.63) is 35.9 Å². The third kappa shape index (κ3) is 3.16. The van der Waals surface area contributed by atoms with Gasteiger partial charge in [-0.2, -0.15) is 0 Å². The van der Waals surface area contributed by atoms with E-state index >= 15 is 0 Å². The van der Waals surface area contributed by atoms with Gasteiger partial charge in [0.15, 0.2) is 5.78 Å². The summed E-state index contributed by atoms with van der Waals surface area (Å²) in [6.45, 7) is 0.382. The smallest absolute Gasteiger partial charge is 0.166 e. The topological polar surface area (TPSA) is 55.8 Å². The minimum Gasteiger partial charge on any atom is -0.393 e. The fourth-order valence-corrected chi connectivity index (χ4v) is 2.21. The molecule has 0 saturated heterocycles. The normalized spacial score (nSPS) is 28.3. The van der Waals surface area contributed by atoms with Crippen molar-refractivity contribution in [1.29, 1.82) is 0 Å². The van der Waals surface area contributed by atoms with Crippen LogP contribution in [0.15, 0.2) is 30.3 Å². The van der Waals surface area contributed by atoms with Gasteiger partial charge in [-0.3, -0.25) is 4.79 Å². The Bertz CT molecular complexity index is 390. The first kappa shape index (κ1) is 13.2. The van der Waals surface area contributed by atoms with Crippen molar-refractivity contribution in [3.63, 3.8) is 0 Å². The summed E-state index contributed by atoms with van der Waals surface area (Å²) in [6, 6.07) is 9.69. The summed E-state index contributed by atoms with van der Waals surface area (Å²) in [6.07, 6.45) is -0.941. The predicted octanol–water partition coefficient (Wildman–Crippen LogP) is 1.31. The largest absolute Gasteiger partial charge is 0.393 e. The van der Waals surface area contributed by atoms with Crippen molar-refractivity contribution in [2.24, 2.45) is 0 Å². The summed E-state index contributed by atoms with van der Waals surface area (Å²) >= 11 is 0. The molecule has 4 heteroatoms. The molecule has 1 N–H and O–H groups in total. The number of hydrogen-bond acceptors (Lipinski definition) is 4. The number of aliphatic hydroxyl groups excluding tert-OH is 1. The Morgan fingerprint density at radius 3 is 2.72 bits per heavy atom. The van der Waals surface area contributed by atoms with Gasteiger partial charge in [0.2, 0.25) is 0 Å². The van der Waals surface area contributed by atoms with Gasteiger partial charge in [-0.15, -0.1) is 0 Å². The summed E-state index contributed by atoms with van der Waals surface area (Å²) < 4.78 is 10.9. The molecule has 0 amide bonds. The highest BCUT2D eigenvalue weighted by molar-refractivity contribution is 5.85. The van der Waals surface area contributed by atoms with Crippen molar-refractivity contribution in [2.75, 3.05) is 7.11 Å². The lowest BCUT2D eigenvalue weighted by atomic mass is 9.91. The lowest BCUT2D eigenvalue weighted by Crippen LogP contribution is -2.46. The lowest BCUT2D eigenvalue weighted by molar-refractivity contribution is -0.154. The van der Waals surface area contributed by atoms with Crippen LogP contribution in [0.1, 0.15) is 18.4 Å². The van der Waals surface area contributed by atoms with E-state index in [1.807, 2.05) is 30.3 Å². The van der Waals surface area contributed by atoms with E-state index in [1.165, 1.54) is 7.11 Å². The van der Waals surface area contributed by atoms with Crippen LogP contribution in [0.25, 0.3) is 0 Å². The maximum absolute atomic E-state index is 11.8. The first-order valence-corrected chi connectivity index (χ1v) is 6.10. The van der Waals surface area contributed by atoms with Gasteiger partial charge >= 0.3 is 0 Å². The van der Waals surface area contributed by atoms with Crippen LogP contribution in [0.3, 0.4) is 0 Å². The van der Waals surface area contributed by atoms with E-state index in [9.17, 15) is 9.90 Å². The van der Waals surface area contributed by atoms with Gasteiger partial charge in [-0.1, -0.05) is 30.3 Å². The number of carbonyl (C=O) groups is 1. The van der Waals surface area contributed by atoms with Crippen LogP contribution in [0, 0.1) is 0 Å². The number of methoxy groups -OCH3 is 1. The summed E-state index contributed by atoms with van der Waals surface area (Å²) in [5.74, 6) is -0.0865. The highest BCUT2D eigenvalue weighted by Crippen LogP contribution is 2.22. The molecule has 1 aliphatic rings. The Hall–Kier alpha value is -1.23. The lowest BCUT2D eigenvalue weighted by Gasteiger charge is -2.31. The zero-order valence-corrected chi connectivity index (χ0v) is 10.4. The zero-order valence-electron chi connectivity index (χ0n) is 10.4. The Morgan fingerprint density at radius 2 is 2.06 bits per heavy atom. The van der Waals surface area contributed by atoms with E-state index in [-0.39, 0.29) is 18.3 Å². The maximum Gasteiger partial charge on any atom is 0.166 e. The van der Waals surface area contributed by atoms with Gasteiger partial charge in [0, 0.05) is 20.0 Å². The molecule has 1 saturated carbocycles. The van der Waals surface area contributed by atoms with E-state index in [2.05, 4.69) is 0 Å². The van der Waals surface area contributed by atoms with Crippen LogP contribution >= 0.6 is 0 Å². The van der Waals surface area contributed by atoms with Gasteiger partial charge < -0.3 is 14.6 Å². The van der Waals surface area contributed by atoms with E-state index in [0.717, 1.165) is 5.56 Å². The molecule has 1 aliphatic carbocycles. The summed E-state index contributed by atoms with van der Waals surface area (Å²) in [5.41, 5.74) is 1.02. The average Bonchev–Trinajstić information content (AvgIpc) is 2.38. The van der Waals surface area contributed by atoms with Gasteiger partial charge in [-0.25, -0.2) is 0 Å². The molecular weight excluding hydrogens is 232 g/mol. The molecule has 3 atom stereocenters. The summed E-state index contributed by atoms with van der Waals surface area (Å²) in [4.78, 5) is 11.8. The van der Waals surface area contributed by atoms with Gasteiger partial charge in [-0.05, 0) is 5.56 Å². The number of carbonyl (C=O) groups excluding carboxylic acids is 1. The molecule has 1 fully saturated rings. The molecule has 0 spiro atoms. The number of ketones is 1. The molecule has 0 radical (unpaired) electrons. The van der Waals surface area contributed by atoms with Crippen LogP contribution in [-0.4, -0.2) is 36.3 Å². The second kappa shape index (κ2) is 6.09. The van der Waals surface area contributed by atoms with Crippen LogP contribution in [0.5, 0.6) is 0 Å². The molecular formula is C14H18O4. The quantitative estimate of drug-likeness (QED) is 0.875. The summed E-state index contributed by atoms with van der Waals surface area (Å²) in [7, 11) is 1.54. The molecule has 1 aromatic carbocycles. The standard InChI is InChI=1S/C14H18O4/c1-17-13-8-11(15)7-12(16)14(13)18-9-10-5-3-2-4-6-10/h2-6,11,13-15H,7-9H2,1H3/t11?,13-,14-/m1/s1. The van der Waals surface area contributed by atoms with Crippen molar-refractivity contribution in [1.82, 2.24) is 0 Å². The molecule has 1 aromatic rings. The van der Waals surface area contributed by atoms with E-state index in [1.54, 1.807) is 0 Å². The second-order valence-corrected chi connectivity index (χ2v) is 4.55. The number of aliphatic hydroxyl groups is 1. The SMILES string of the molecule is CO[C@@H]1CC(O)CC(=O)[C@H]1OCc1ccccc1. The molecule has 1 unspecified atom stereocenters. The Labute approximate surface area is 107 Å². The Balaban J connectivity index is 1.96. The van der Waals surface area contributed by atoms with Crippen LogP contribution < -0.4 is 0 Å². The van der Waals surface area contributed by atoms with Crippen molar-refractivity contribution >= 4 is 5.78 Å². The number of ether oxygens (including phenoxy) is 2. The monoisotopic (exact) mass is 250 g/mol. The van der Waals surface area contributed by atoms with E-state index in [4.69, 9.17) is 9.47 Å². The van der Waals surface area contributed by atoms with Crippen molar-refractivity contribution < 1.29 is 19.4 Å². The fourth-order valence-electron chi connectivity index (χ4n) is 2.21. The highest BCUT2D eigenvalue weighted by Gasteiger charge is 2.36. The zero-order chi connectivity index (χ0) is 13.0. The molecule has 2 rings (SSSR count). The molecule has 0 aromatic heterocycles.